The zero-order valence-corrected chi connectivity index (χ0v) is 20.8. The summed E-state index contributed by atoms with van der Waals surface area (Å²) in [5, 5.41) is 3.53. The number of ether oxygens (including phenoxy) is 1. The van der Waals surface area contributed by atoms with Crippen LogP contribution in [-0.4, -0.2) is 35.4 Å². The summed E-state index contributed by atoms with van der Waals surface area (Å²) in [6, 6.07) is 12.4. The number of rotatable bonds is 10. The fourth-order valence-corrected chi connectivity index (χ4v) is 3.74. The van der Waals surface area contributed by atoms with Crippen LogP contribution in [-0.2, 0) is 22.6 Å². The van der Waals surface area contributed by atoms with E-state index in [1.165, 1.54) is 10.5 Å². The zero-order valence-electron chi connectivity index (χ0n) is 18.5. The normalized spacial score (nSPS) is 12.7. The minimum absolute atomic E-state index is 0.0300. The lowest BCUT2D eigenvalue weighted by Crippen LogP contribution is -2.50. The molecule has 5 nitrogen and oxygen atoms in total. The van der Waals surface area contributed by atoms with E-state index in [4.69, 9.17) is 16.3 Å². The molecule has 0 aliphatic heterocycles. The van der Waals surface area contributed by atoms with Crippen LogP contribution in [0.5, 0.6) is 5.75 Å². The second kappa shape index (κ2) is 12.1. The van der Waals surface area contributed by atoms with Gasteiger partial charge in [-0.3, -0.25) is 9.59 Å². The molecule has 7 heteroatoms. The van der Waals surface area contributed by atoms with Gasteiger partial charge in [0.25, 0.3) is 5.91 Å². The molecule has 0 spiro atoms. The maximum absolute atomic E-state index is 13.1. The molecule has 0 aliphatic rings. The van der Waals surface area contributed by atoms with Gasteiger partial charge in [-0.2, -0.15) is 0 Å². The van der Waals surface area contributed by atoms with Crippen molar-refractivity contribution in [2.75, 3.05) is 6.61 Å². The summed E-state index contributed by atoms with van der Waals surface area (Å²) in [5.74, 6) is 0.112. The Kier molecular flexibility index (Phi) is 9.85. The molecule has 2 aromatic carbocycles. The molecule has 2 atom stereocenters. The van der Waals surface area contributed by atoms with E-state index in [-0.39, 0.29) is 31.0 Å². The second-order valence-corrected chi connectivity index (χ2v) is 8.84. The molecule has 168 valence electrons. The number of amides is 2. The molecule has 2 aromatic rings. The van der Waals surface area contributed by atoms with Crippen LogP contribution in [0, 0.1) is 0 Å². The van der Waals surface area contributed by atoms with E-state index in [9.17, 15) is 9.59 Å². The molecule has 0 bridgehead atoms. The third-order valence-electron chi connectivity index (χ3n) is 5.17. The molecular formula is C24H30BrClN2O3. The number of nitrogens with zero attached hydrogens (tertiary/aromatic N) is 1. The topological polar surface area (TPSA) is 58.6 Å². The van der Waals surface area contributed by atoms with Gasteiger partial charge in [-0.1, -0.05) is 43.6 Å². The van der Waals surface area contributed by atoms with E-state index in [0.29, 0.717) is 10.8 Å². The molecule has 1 N–H and O–H groups in total. The van der Waals surface area contributed by atoms with Crippen molar-refractivity contribution in [2.24, 2.45) is 0 Å². The predicted octanol–water partition coefficient (Wildman–Crippen LogP) is 5.38. The largest absolute Gasteiger partial charge is 0.483 e. The third kappa shape index (κ3) is 7.54. The summed E-state index contributed by atoms with van der Waals surface area (Å²) in [4.78, 5) is 27.4. The summed E-state index contributed by atoms with van der Waals surface area (Å²) in [6.45, 7) is 7.82. The Morgan fingerprint density at radius 3 is 2.48 bits per heavy atom. The SMILES string of the molecule is CCc1ccc(OCC(=O)N(Cc2cccc(Cl)c2)[C@H](C)C(=O)N[C@@H](C)CC)c(Br)c1. The van der Waals surface area contributed by atoms with Gasteiger partial charge in [0.15, 0.2) is 6.61 Å². The van der Waals surface area contributed by atoms with Gasteiger partial charge in [-0.25, -0.2) is 0 Å². The first-order chi connectivity index (χ1) is 14.7. The average Bonchev–Trinajstić information content (AvgIpc) is 2.75. The highest BCUT2D eigenvalue weighted by molar-refractivity contribution is 9.10. The van der Waals surface area contributed by atoms with Crippen LogP contribution in [0.3, 0.4) is 0 Å². The van der Waals surface area contributed by atoms with Crippen molar-refractivity contribution in [2.45, 2.75) is 59.2 Å². The quantitative estimate of drug-likeness (QED) is 0.468. The van der Waals surface area contributed by atoms with Gasteiger partial charge < -0.3 is 15.0 Å². The lowest BCUT2D eigenvalue weighted by molar-refractivity contribution is -0.142. The first-order valence-corrected chi connectivity index (χ1v) is 11.7. The van der Waals surface area contributed by atoms with Crippen molar-refractivity contribution in [3.63, 3.8) is 0 Å². The van der Waals surface area contributed by atoms with Crippen LogP contribution in [0.15, 0.2) is 46.9 Å². The van der Waals surface area contributed by atoms with Crippen LogP contribution >= 0.6 is 27.5 Å². The fraction of sp³-hybridized carbons (Fsp3) is 0.417. The van der Waals surface area contributed by atoms with Crippen LogP contribution < -0.4 is 10.1 Å². The van der Waals surface area contributed by atoms with Crippen LogP contribution in [0.25, 0.3) is 0 Å². The van der Waals surface area contributed by atoms with Crippen molar-refractivity contribution in [1.29, 1.82) is 0 Å². The molecule has 2 amide bonds. The Balaban J connectivity index is 2.17. The van der Waals surface area contributed by atoms with E-state index in [0.717, 1.165) is 22.9 Å². The standard InChI is InChI=1S/C24H30BrClN2O3/c1-5-16(3)27-24(30)17(4)28(14-19-8-7-9-20(26)12-19)23(29)15-31-22-11-10-18(6-2)13-21(22)25/h7-13,16-17H,5-6,14-15H2,1-4H3,(H,27,30)/t16-,17+/m0/s1. The van der Waals surface area contributed by atoms with Crippen LogP contribution in [0.4, 0.5) is 0 Å². The number of halogens is 2. The third-order valence-corrected chi connectivity index (χ3v) is 6.02. The zero-order chi connectivity index (χ0) is 23.0. The van der Waals surface area contributed by atoms with E-state index >= 15 is 0 Å². The van der Waals surface area contributed by atoms with Crippen molar-refractivity contribution < 1.29 is 14.3 Å². The molecule has 0 aliphatic carbocycles. The van der Waals surface area contributed by atoms with Crippen LogP contribution in [0.2, 0.25) is 5.02 Å². The summed E-state index contributed by atoms with van der Waals surface area (Å²) >= 11 is 9.60. The first-order valence-electron chi connectivity index (χ1n) is 10.5. The maximum Gasteiger partial charge on any atom is 0.261 e. The molecule has 0 saturated carbocycles. The summed E-state index contributed by atoms with van der Waals surface area (Å²) in [7, 11) is 0. The number of hydrogen-bond acceptors (Lipinski definition) is 3. The average molecular weight is 510 g/mol. The van der Waals surface area contributed by atoms with Gasteiger partial charge in [0.1, 0.15) is 11.8 Å². The first kappa shape index (κ1) is 25.2. The maximum atomic E-state index is 13.1. The molecule has 0 unspecified atom stereocenters. The van der Waals surface area contributed by atoms with Gasteiger partial charge in [-0.05, 0) is 78.0 Å². The molecule has 2 rings (SSSR count). The number of nitrogens with one attached hydrogen (secondary N) is 1. The molecule has 0 fully saturated rings. The Hall–Kier alpha value is -2.05. The van der Waals surface area contributed by atoms with Crippen molar-refractivity contribution >= 4 is 39.3 Å². The van der Waals surface area contributed by atoms with Gasteiger partial charge in [0, 0.05) is 17.6 Å². The Labute approximate surface area is 198 Å². The van der Waals surface area contributed by atoms with E-state index < -0.39 is 6.04 Å². The van der Waals surface area contributed by atoms with E-state index in [2.05, 4.69) is 28.2 Å². The molecule has 0 aromatic heterocycles. The summed E-state index contributed by atoms with van der Waals surface area (Å²) in [5.41, 5.74) is 2.01. The highest BCUT2D eigenvalue weighted by Gasteiger charge is 2.27. The van der Waals surface area contributed by atoms with Crippen molar-refractivity contribution in [1.82, 2.24) is 10.2 Å². The molecule has 0 radical (unpaired) electrons. The summed E-state index contributed by atoms with van der Waals surface area (Å²) in [6.07, 6.45) is 1.72. The smallest absolute Gasteiger partial charge is 0.261 e. The summed E-state index contributed by atoms with van der Waals surface area (Å²) < 4.78 is 6.57. The lowest BCUT2D eigenvalue weighted by Gasteiger charge is -2.29. The highest BCUT2D eigenvalue weighted by atomic mass is 79.9. The van der Waals surface area contributed by atoms with Gasteiger partial charge in [0.05, 0.1) is 4.47 Å². The fourth-order valence-electron chi connectivity index (χ4n) is 2.98. The molecular weight excluding hydrogens is 480 g/mol. The number of aryl methyl sites for hydroxylation is 1. The van der Waals surface area contributed by atoms with Gasteiger partial charge >= 0.3 is 0 Å². The van der Waals surface area contributed by atoms with E-state index in [1.54, 1.807) is 19.1 Å². The Bertz CT molecular complexity index is 906. The molecule has 31 heavy (non-hydrogen) atoms. The lowest BCUT2D eigenvalue weighted by atomic mass is 10.1. The second-order valence-electron chi connectivity index (χ2n) is 7.55. The van der Waals surface area contributed by atoms with E-state index in [1.807, 2.05) is 44.2 Å². The minimum atomic E-state index is -0.657. The van der Waals surface area contributed by atoms with Gasteiger partial charge in [0.2, 0.25) is 5.91 Å². The molecule has 0 heterocycles. The number of benzene rings is 2. The van der Waals surface area contributed by atoms with Crippen LogP contribution in [0.1, 0.15) is 45.2 Å². The Morgan fingerprint density at radius 2 is 1.87 bits per heavy atom. The Morgan fingerprint density at radius 1 is 1.13 bits per heavy atom. The predicted molar refractivity (Wildman–Crippen MR) is 128 cm³/mol. The van der Waals surface area contributed by atoms with Crippen molar-refractivity contribution in [3.8, 4) is 5.75 Å². The number of carbonyl (C=O) groups excluding carboxylic acids is 2. The van der Waals surface area contributed by atoms with Crippen molar-refractivity contribution in [3.05, 3.63) is 63.1 Å². The van der Waals surface area contributed by atoms with Gasteiger partial charge in [-0.15, -0.1) is 0 Å². The number of carbonyl (C=O) groups is 2. The highest BCUT2D eigenvalue weighted by Crippen LogP contribution is 2.26. The monoisotopic (exact) mass is 508 g/mol. The minimum Gasteiger partial charge on any atom is -0.483 e. The number of hydrogen-bond donors (Lipinski definition) is 1. The molecule has 0 saturated heterocycles.